The summed E-state index contributed by atoms with van der Waals surface area (Å²) in [6, 6.07) is -0.945. The van der Waals surface area contributed by atoms with E-state index >= 15 is 0 Å². The third-order valence-electron chi connectivity index (χ3n) is 1.04. The molecule has 12 heavy (non-hydrogen) atoms. The standard InChI is InChI=1S/C6H6N2O4/c1-2-5(7-3-9)6(11)12-8-4-10/h5H,2H2,1H3. The van der Waals surface area contributed by atoms with Crippen molar-refractivity contribution in [2.75, 3.05) is 0 Å². The summed E-state index contributed by atoms with van der Waals surface area (Å²) in [5, 5.41) is 2.58. The van der Waals surface area contributed by atoms with E-state index in [0.717, 1.165) is 6.08 Å². The lowest BCUT2D eigenvalue weighted by molar-refractivity contribution is -0.145. The van der Waals surface area contributed by atoms with Crippen LogP contribution in [0.5, 0.6) is 0 Å². The molecule has 1 unspecified atom stereocenters. The van der Waals surface area contributed by atoms with Gasteiger partial charge < -0.3 is 4.84 Å². The molecule has 6 heteroatoms. The number of hydrogen-bond donors (Lipinski definition) is 0. The third kappa shape index (κ3) is 3.41. The molecule has 64 valence electrons. The number of nitrogens with zero attached hydrogens (tertiary/aromatic N) is 2. The van der Waals surface area contributed by atoms with Gasteiger partial charge in [-0.3, -0.25) is 0 Å². The molecular formula is C6H6N2O4. The van der Waals surface area contributed by atoms with Crippen molar-refractivity contribution >= 4 is 18.1 Å². The van der Waals surface area contributed by atoms with Crippen LogP contribution in [0.1, 0.15) is 13.3 Å². The Morgan fingerprint density at radius 2 is 2.17 bits per heavy atom. The van der Waals surface area contributed by atoms with Crippen LogP contribution in [0.15, 0.2) is 10.1 Å². The maximum absolute atomic E-state index is 10.8. The van der Waals surface area contributed by atoms with Gasteiger partial charge in [-0.2, -0.15) is 4.99 Å². The fourth-order valence-electron chi connectivity index (χ4n) is 0.499. The minimum absolute atomic E-state index is 0.280. The fraction of sp³-hybridized carbons (Fsp3) is 0.500. The zero-order chi connectivity index (χ0) is 9.40. The van der Waals surface area contributed by atoms with E-state index in [9.17, 15) is 14.4 Å². The smallest absolute Gasteiger partial charge is 0.304 e. The van der Waals surface area contributed by atoms with E-state index in [0.29, 0.717) is 0 Å². The van der Waals surface area contributed by atoms with Crippen LogP contribution in [0.3, 0.4) is 0 Å². The minimum atomic E-state index is -0.945. The molecule has 0 aliphatic carbocycles. The first kappa shape index (κ1) is 10.2. The van der Waals surface area contributed by atoms with Gasteiger partial charge in [-0.15, -0.1) is 0 Å². The maximum Gasteiger partial charge on any atom is 0.361 e. The van der Waals surface area contributed by atoms with E-state index in [4.69, 9.17) is 0 Å². The Labute approximate surface area is 67.9 Å². The minimum Gasteiger partial charge on any atom is -0.304 e. The molecule has 0 fully saturated rings. The Kier molecular flexibility index (Phi) is 5.09. The second-order valence-electron chi connectivity index (χ2n) is 1.74. The van der Waals surface area contributed by atoms with Gasteiger partial charge in [0.25, 0.3) is 6.08 Å². The molecule has 1 atom stereocenters. The molecule has 0 amide bonds. The van der Waals surface area contributed by atoms with Gasteiger partial charge in [0.1, 0.15) is 0 Å². The van der Waals surface area contributed by atoms with E-state index < -0.39 is 12.0 Å². The Morgan fingerprint density at radius 1 is 1.50 bits per heavy atom. The van der Waals surface area contributed by atoms with Crippen LogP contribution in [0.25, 0.3) is 0 Å². The molecule has 0 spiro atoms. The number of hydrogen-bond acceptors (Lipinski definition) is 6. The summed E-state index contributed by atoms with van der Waals surface area (Å²) in [5.41, 5.74) is 0. The second kappa shape index (κ2) is 5.97. The molecule has 0 N–H and O–H groups in total. The van der Waals surface area contributed by atoms with Gasteiger partial charge in [0.15, 0.2) is 6.04 Å². The van der Waals surface area contributed by atoms with E-state index in [2.05, 4.69) is 15.0 Å². The SMILES string of the molecule is CCC(N=C=O)C(=O)ON=C=O. The molecular weight excluding hydrogens is 164 g/mol. The van der Waals surface area contributed by atoms with E-state index in [-0.39, 0.29) is 6.42 Å². The Bertz CT molecular complexity index is 250. The maximum atomic E-state index is 10.8. The largest absolute Gasteiger partial charge is 0.361 e. The van der Waals surface area contributed by atoms with Crippen molar-refractivity contribution in [3.05, 3.63) is 0 Å². The van der Waals surface area contributed by atoms with Crippen LogP contribution >= 0.6 is 0 Å². The molecule has 0 radical (unpaired) electrons. The third-order valence-corrected chi connectivity index (χ3v) is 1.04. The lowest BCUT2D eigenvalue weighted by Crippen LogP contribution is -2.18. The van der Waals surface area contributed by atoms with Crippen LogP contribution < -0.4 is 0 Å². The van der Waals surface area contributed by atoms with Crippen molar-refractivity contribution in [2.45, 2.75) is 19.4 Å². The van der Waals surface area contributed by atoms with Crippen LogP contribution in [0, 0.1) is 0 Å². The van der Waals surface area contributed by atoms with Crippen molar-refractivity contribution < 1.29 is 19.2 Å². The molecule has 0 aliphatic heterocycles. The fourth-order valence-corrected chi connectivity index (χ4v) is 0.499. The first-order chi connectivity index (χ1) is 5.76. The second-order valence-corrected chi connectivity index (χ2v) is 1.74. The zero-order valence-electron chi connectivity index (χ0n) is 6.31. The average Bonchev–Trinajstić information content (AvgIpc) is 2.10. The van der Waals surface area contributed by atoms with Crippen LogP contribution in [-0.2, 0) is 19.2 Å². The summed E-state index contributed by atoms with van der Waals surface area (Å²) in [6.45, 7) is 1.62. The van der Waals surface area contributed by atoms with Gasteiger partial charge in [0.2, 0.25) is 6.08 Å². The summed E-state index contributed by atoms with van der Waals surface area (Å²) < 4.78 is 0. The van der Waals surface area contributed by atoms with Gasteiger partial charge in [-0.25, -0.2) is 14.4 Å². The first-order valence-corrected chi connectivity index (χ1v) is 3.11. The van der Waals surface area contributed by atoms with Gasteiger partial charge >= 0.3 is 5.97 Å². The monoisotopic (exact) mass is 170 g/mol. The highest BCUT2D eigenvalue weighted by atomic mass is 16.7. The lowest BCUT2D eigenvalue weighted by atomic mass is 10.2. The van der Waals surface area contributed by atoms with Crippen molar-refractivity contribution in [1.82, 2.24) is 0 Å². The molecule has 0 saturated heterocycles. The van der Waals surface area contributed by atoms with Crippen molar-refractivity contribution in [1.29, 1.82) is 0 Å². The number of carbonyl (C=O) groups excluding carboxylic acids is 3. The molecule has 0 bridgehead atoms. The zero-order valence-corrected chi connectivity index (χ0v) is 6.31. The molecule has 6 nitrogen and oxygen atoms in total. The Balaban J connectivity index is 4.20. The summed E-state index contributed by atoms with van der Waals surface area (Å²) in [6.07, 6.45) is 2.50. The van der Waals surface area contributed by atoms with Crippen molar-refractivity contribution in [2.24, 2.45) is 10.1 Å². The molecule has 0 aromatic heterocycles. The first-order valence-electron chi connectivity index (χ1n) is 3.11. The molecule has 0 rings (SSSR count). The summed E-state index contributed by atoms with van der Waals surface area (Å²) in [4.78, 5) is 37.1. The average molecular weight is 170 g/mol. The summed E-state index contributed by atoms with van der Waals surface area (Å²) in [5.74, 6) is -0.871. The van der Waals surface area contributed by atoms with E-state index in [1.807, 2.05) is 0 Å². The molecule has 0 heterocycles. The highest BCUT2D eigenvalue weighted by Gasteiger charge is 2.16. The van der Waals surface area contributed by atoms with Crippen LogP contribution in [0.2, 0.25) is 0 Å². The predicted molar refractivity (Wildman–Crippen MR) is 36.4 cm³/mol. The molecule has 0 aromatic carbocycles. The molecule has 0 aromatic rings. The predicted octanol–water partition coefficient (Wildman–Crippen LogP) is -0.105. The molecule has 0 aliphatic rings. The lowest BCUT2D eigenvalue weighted by Gasteiger charge is -2.00. The van der Waals surface area contributed by atoms with Crippen molar-refractivity contribution in [3.63, 3.8) is 0 Å². The van der Waals surface area contributed by atoms with Gasteiger partial charge in [-0.1, -0.05) is 6.92 Å². The molecule has 0 saturated carbocycles. The summed E-state index contributed by atoms with van der Waals surface area (Å²) >= 11 is 0. The van der Waals surface area contributed by atoms with Gasteiger partial charge in [0, 0.05) is 5.16 Å². The van der Waals surface area contributed by atoms with Crippen LogP contribution in [-0.4, -0.2) is 24.2 Å². The van der Waals surface area contributed by atoms with Crippen LogP contribution in [0.4, 0.5) is 0 Å². The number of carbonyl (C=O) groups is 1. The Hall–Kier alpha value is -1.77. The summed E-state index contributed by atoms with van der Waals surface area (Å²) in [7, 11) is 0. The number of aliphatic imine (C=N–C) groups is 1. The highest BCUT2D eigenvalue weighted by Crippen LogP contribution is 1.98. The Morgan fingerprint density at radius 3 is 2.58 bits per heavy atom. The van der Waals surface area contributed by atoms with Crippen molar-refractivity contribution in [3.8, 4) is 0 Å². The topological polar surface area (TPSA) is 85.2 Å². The van der Waals surface area contributed by atoms with Gasteiger partial charge in [-0.05, 0) is 6.42 Å². The number of isocyanates is 2. The highest BCUT2D eigenvalue weighted by molar-refractivity contribution is 5.76. The van der Waals surface area contributed by atoms with E-state index in [1.54, 1.807) is 6.92 Å². The van der Waals surface area contributed by atoms with Gasteiger partial charge in [0.05, 0.1) is 0 Å². The normalized spacial score (nSPS) is 10.4. The quantitative estimate of drug-likeness (QED) is 0.255. The number of rotatable bonds is 4. The van der Waals surface area contributed by atoms with E-state index in [1.165, 1.54) is 6.08 Å².